The minimum Gasteiger partial charge on any atom is -0.493 e. The number of nitrogens with one attached hydrogen (secondary N) is 2. The second kappa shape index (κ2) is 11.2. The number of nitrogens with zero attached hydrogens (tertiary/aromatic N) is 2. The van der Waals surface area contributed by atoms with Crippen LogP contribution in [0.1, 0.15) is 59.2 Å². The maximum absolute atomic E-state index is 14.5. The van der Waals surface area contributed by atoms with Crippen molar-refractivity contribution in [3.05, 3.63) is 41.7 Å². The molecule has 2 fully saturated rings. The van der Waals surface area contributed by atoms with Gasteiger partial charge in [0.25, 0.3) is 5.91 Å². The molecule has 8 nitrogen and oxygen atoms in total. The van der Waals surface area contributed by atoms with Crippen molar-refractivity contribution in [2.24, 2.45) is 17.8 Å². The predicted molar refractivity (Wildman–Crippen MR) is 150 cm³/mol. The third kappa shape index (κ3) is 6.83. The molecular formula is C28H41FN4O4S. The van der Waals surface area contributed by atoms with Crippen LogP contribution in [0.4, 0.5) is 10.2 Å². The number of rotatable bonds is 9. The molecule has 0 aliphatic carbocycles. The Labute approximate surface area is 226 Å². The number of carbonyl (C=O) groups excluding carboxylic acids is 1. The standard InChI is InChI=1S/C28H39FN4O4S.H2/c1-18(2)16-37-23-11-21(10-22(29)12-23)25-7-6-24(26(31-25)33-15-19(3)13-28(33,4)5)27(34)32-38(35,36)17-20-8-9-30-14-20;/h6-7,10-12,18-20,30H,8-9,13-17H2,1-5H3,(H,32,34);1H/t19-,20+;/m0./s1. The smallest absolute Gasteiger partial charge is 0.268 e. The molecule has 0 bridgehead atoms. The third-order valence-electron chi connectivity index (χ3n) is 7.06. The summed E-state index contributed by atoms with van der Waals surface area (Å²) in [4.78, 5) is 20.2. The Morgan fingerprint density at radius 2 is 2.08 bits per heavy atom. The molecule has 1 aromatic carbocycles. The molecule has 2 saturated heterocycles. The number of amides is 1. The Morgan fingerprint density at radius 1 is 1.32 bits per heavy atom. The molecule has 0 saturated carbocycles. The number of hydrogen-bond acceptors (Lipinski definition) is 7. The van der Waals surface area contributed by atoms with Crippen LogP contribution in [0.5, 0.6) is 5.75 Å². The molecule has 38 heavy (non-hydrogen) atoms. The van der Waals surface area contributed by atoms with E-state index in [2.05, 4.69) is 35.7 Å². The summed E-state index contributed by atoms with van der Waals surface area (Å²) in [5.41, 5.74) is 0.864. The summed E-state index contributed by atoms with van der Waals surface area (Å²) in [6, 6.07) is 7.66. The Morgan fingerprint density at radius 3 is 2.71 bits per heavy atom. The number of sulfonamides is 1. The first-order valence-electron chi connectivity index (χ1n) is 13.3. The van der Waals surface area contributed by atoms with Gasteiger partial charge in [-0.15, -0.1) is 0 Å². The van der Waals surface area contributed by atoms with Gasteiger partial charge in [-0.05, 0) is 81.8 Å². The minimum atomic E-state index is -3.83. The van der Waals surface area contributed by atoms with E-state index in [9.17, 15) is 17.6 Å². The van der Waals surface area contributed by atoms with Gasteiger partial charge in [-0.3, -0.25) is 4.79 Å². The van der Waals surface area contributed by atoms with Crippen LogP contribution in [0.25, 0.3) is 11.3 Å². The number of hydrogen-bond donors (Lipinski definition) is 2. The van der Waals surface area contributed by atoms with E-state index in [1.807, 2.05) is 13.8 Å². The van der Waals surface area contributed by atoms with Gasteiger partial charge in [-0.2, -0.15) is 0 Å². The number of halogens is 1. The van der Waals surface area contributed by atoms with Crippen molar-refractivity contribution >= 4 is 21.7 Å². The molecule has 2 atom stereocenters. The summed E-state index contributed by atoms with van der Waals surface area (Å²) in [7, 11) is -3.83. The van der Waals surface area contributed by atoms with Crippen LogP contribution in [-0.2, 0) is 10.0 Å². The Kier molecular flexibility index (Phi) is 8.32. The minimum absolute atomic E-state index is 0. The first-order chi connectivity index (χ1) is 17.8. The van der Waals surface area contributed by atoms with E-state index in [0.29, 0.717) is 48.4 Å². The number of ether oxygens (including phenoxy) is 1. The Bertz CT molecular complexity index is 1280. The van der Waals surface area contributed by atoms with Crippen LogP contribution in [0.2, 0.25) is 0 Å². The van der Waals surface area contributed by atoms with Gasteiger partial charge in [0.05, 0.1) is 23.6 Å². The van der Waals surface area contributed by atoms with Crippen LogP contribution >= 0.6 is 0 Å². The van der Waals surface area contributed by atoms with E-state index in [4.69, 9.17) is 9.72 Å². The molecule has 0 unspecified atom stereocenters. The molecular weight excluding hydrogens is 507 g/mol. The largest absolute Gasteiger partial charge is 0.493 e. The topological polar surface area (TPSA) is 101 Å². The van der Waals surface area contributed by atoms with Crippen molar-refractivity contribution < 1.29 is 23.8 Å². The average Bonchev–Trinajstić information content (AvgIpc) is 3.41. The quantitative estimate of drug-likeness (QED) is 0.477. The fourth-order valence-electron chi connectivity index (χ4n) is 5.41. The molecule has 3 heterocycles. The fraction of sp³-hybridized carbons (Fsp3) is 0.571. The lowest BCUT2D eigenvalue weighted by molar-refractivity contribution is 0.0981. The van der Waals surface area contributed by atoms with Gasteiger partial charge < -0.3 is 15.0 Å². The number of carbonyl (C=O) groups is 1. The Balaban J connectivity index is 0.00000420. The van der Waals surface area contributed by atoms with Crippen LogP contribution in [0.3, 0.4) is 0 Å². The molecule has 2 aliphatic heterocycles. The summed E-state index contributed by atoms with van der Waals surface area (Å²) in [5.74, 6) is 0.136. The van der Waals surface area contributed by atoms with Gasteiger partial charge in [-0.25, -0.2) is 22.5 Å². The van der Waals surface area contributed by atoms with Gasteiger partial charge in [0.1, 0.15) is 17.4 Å². The van der Waals surface area contributed by atoms with Crippen molar-refractivity contribution in [1.29, 1.82) is 0 Å². The van der Waals surface area contributed by atoms with Crippen LogP contribution in [0, 0.1) is 23.6 Å². The SMILES string of the molecule is CC(C)COc1cc(F)cc(-c2ccc(C(=O)NS(=O)(=O)C[C@@H]3CCNC3)c(N3C[C@@H](C)CC3(C)C)n2)c1.[HH]. The molecule has 10 heteroatoms. The number of pyridine rings is 1. The maximum Gasteiger partial charge on any atom is 0.268 e. The molecule has 1 amide bonds. The van der Waals surface area contributed by atoms with Crippen molar-refractivity contribution in [3.63, 3.8) is 0 Å². The lowest BCUT2D eigenvalue weighted by atomic mass is 9.97. The number of benzene rings is 1. The van der Waals surface area contributed by atoms with E-state index >= 15 is 0 Å². The number of anilines is 1. The zero-order valence-corrected chi connectivity index (χ0v) is 23.7. The average molecular weight is 549 g/mol. The van der Waals surface area contributed by atoms with E-state index in [-0.39, 0.29) is 30.1 Å². The van der Waals surface area contributed by atoms with Gasteiger partial charge in [-0.1, -0.05) is 20.8 Å². The first-order valence-corrected chi connectivity index (χ1v) is 15.0. The monoisotopic (exact) mass is 548 g/mol. The molecule has 0 radical (unpaired) electrons. The third-order valence-corrected chi connectivity index (χ3v) is 8.47. The highest BCUT2D eigenvalue weighted by Gasteiger charge is 2.39. The fourth-order valence-corrected chi connectivity index (χ4v) is 6.79. The van der Waals surface area contributed by atoms with Gasteiger partial charge in [0.15, 0.2) is 0 Å². The second-order valence-electron chi connectivity index (χ2n) is 11.8. The van der Waals surface area contributed by atoms with Crippen LogP contribution < -0.4 is 19.7 Å². The first kappa shape index (κ1) is 28.3. The highest BCUT2D eigenvalue weighted by atomic mass is 32.2. The zero-order chi connectivity index (χ0) is 27.7. The molecule has 4 rings (SSSR count). The van der Waals surface area contributed by atoms with E-state index in [0.717, 1.165) is 19.4 Å². The van der Waals surface area contributed by atoms with Crippen molar-refractivity contribution in [2.75, 3.05) is 36.9 Å². The summed E-state index contributed by atoms with van der Waals surface area (Å²) < 4.78 is 48.1. The molecule has 0 spiro atoms. The van der Waals surface area contributed by atoms with E-state index in [1.165, 1.54) is 12.1 Å². The highest BCUT2D eigenvalue weighted by molar-refractivity contribution is 7.90. The summed E-state index contributed by atoms with van der Waals surface area (Å²) in [6.45, 7) is 12.8. The highest BCUT2D eigenvalue weighted by Crippen LogP contribution is 2.38. The molecule has 2 aromatic rings. The van der Waals surface area contributed by atoms with Crippen molar-refractivity contribution in [2.45, 2.75) is 53.0 Å². The summed E-state index contributed by atoms with van der Waals surface area (Å²) >= 11 is 0. The summed E-state index contributed by atoms with van der Waals surface area (Å²) in [6.07, 6.45) is 1.65. The van der Waals surface area contributed by atoms with Gasteiger partial charge >= 0.3 is 0 Å². The second-order valence-corrected chi connectivity index (χ2v) is 13.5. The van der Waals surface area contributed by atoms with E-state index < -0.39 is 21.7 Å². The molecule has 1 aromatic heterocycles. The maximum atomic E-state index is 14.5. The Hall–Kier alpha value is -2.72. The lowest BCUT2D eigenvalue weighted by Gasteiger charge is -2.34. The van der Waals surface area contributed by atoms with Crippen LogP contribution in [0.15, 0.2) is 30.3 Å². The van der Waals surface area contributed by atoms with Crippen molar-refractivity contribution in [3.8, 4) is 17.0 Å². The lowest BCUT2D eigenvalue weighted by Crippen LogP contribution is -2.41. The van der Waals surface area contributed by atoms with Gasteiger partial charge in [0.2, 0.25) is 10.0 Å². The normalized spacial score (nSPS) is 21.2. The summed E-state index contributed by atoms with van der Waals surface area (Å²) in [5, 5.41) is 3.15. The van der Waals surface area contributed by atoms with Gasteiger partial charge in [0, 0.05) is 25.1 Å². The van der Waals surface area contributed by atoms with Crippen LogP contribution in [-0.4, -0.2) is 56.8 Å². The number of aromatic nitrogens is 1. The molecule has 210 valence electrons. The molecule has 2 N–H and O–H groups in total. The van der Waals surface area contributed by atoms with E-state index in [1.54, 1.807) is 18.2 Å². The predicted octanol–water partition coefficient (Wildman–Crippen LogP) is 4.46. The molecule has 2 aliphatic rings. The van der Waals surface area contributed by atoms with Crippen molar-refractivity contribution in [1.82, 2.24) is 15.0 Å². The zero-order valence-electron chi connectivity index (χ0n) is 22.9.